The third kappa shape index (κ3) is 2.11. The summed E-state index contributed by atoms with van der Waals surface area (Å²) < 4.78 is 13.1. The molecule has 0 N–H and O–H groups in total. The van der Waals surface area contributed by atoms with Crippen molar-refractivity contribution >= 4 is 24.2 Å². The largest absolute Gasteiger partial charge is 0.495 e. The summed E-state index contributed by atoms with van der Waals surface area (Å²) in [5.74, 6) is 0. The van der Waals surface area contributed by atoms with Crippen LogP contribution < -0.4 is 11.0 Å². The van der Waals surface area contributed by atoms with Crippen molar-refractivity contribution in [1.29, 1.82) is 0 Å². The van der Waals surface area contributed by atoms with Crippen molar-refractivity contribution in [3.8, 4) is 0 Å². The normalized spacial score (nSPS) is 21.3. The second-order valence-electron chi connectivity index (χ2n) is 5.60. The molecule has 0 radical (unpaired) electrons. The summed E-state index contributed by atoms with van der Waals surface area (Å²) in [5, 5.41) is 0.368. The standard InChI is InChI=1S/C12H17BClNO3/c1-11(2)12(3,4)18-13(17-11)8-6-9(14)15(5)10(16)7-8/h6-7H,1-5H3. The van der Waals surface area contributed by atoms with Gasteiger partial charge in [-0.3, -0.25) is 4.79 Å². The summed E-state index contributed by atoms with van der Waals surface area (Å²) >= 11 is 5.99. The molecule has 98 valence electrons. The Morgan fingerprint density at radius 1 is 1.17 bits per heavy atom. The fourth-order valence-electron chi connectivity index (χ4n) is 1.74. The third-order valence-electron chi connectivity index (χ3n) is 3.75. The van der Waals surface area contributed by atoms with Gasteiger partial charge in [0.05, 0.1) is 11.2 Å². The summed E-state index contributed by atoms with van der Waals surface area (Å²) in [6.45, 7) is 7.87. The van der Waals surface area contributed by atoms with Gasteiger partial charge >= 0.3 is 7.12 Å². The maximum Gasteiger partial charge on any atom is 0.495 e. The van der Waals surface area contributed by atoms with E-state index < -0.39 is 18.3 Å². The number of hydrogen-bond acceptors (Lipinski definition) is 3. The monoisotopic (exact) mass is 269 g/mol. The quantitative estimate of drug-likeness (QED) is 0.571. The number of nitrogens with zero attached hydrogens (tertiary/aromatic N) is 1. The SMILES string of the molecule is Cn1c(Cl)cc(B2OC(C)(C)C(C)(C)O2)cc1=O. The van der Waals surface area contributed by atoms with Crippen molar-refractivity contribution in [1.82, 2.24) is 4.57 Å². The Morgan fingerprint density at radius 3 is 2.11 bits per heavy atom. The molecule has 2 rings (SSSR count). The lowest BCUT2D eigenvalue weighted by molar-refractivity contribution is 0.00578. The number of halogens is 1. The van der Waals surface area contributed by atoms with E-state index in [4.69, 9.17) is 20.9 Å². The molecule has 1 fully saturated rings. The highest BCUT2D eigenvalue weighted by atomic mass is 35.5. The summed E-state index contributed by atoms with van der Waals surface area (Å²) in [5.41, 5.74) is -0.370. The molecule has 0 spiro atoms. The van der Waals surface area contributed by atoms with E-state index in [1.165, 1.54) is 10.6 Å². The lowest BCUT2D eigenvalue weighted by Gasteiger charge is -2.32. The molecule has 4 nitrogen and oxygen atoms in total. The first-order valence-corrected chi connectivity index (χ1v) is 6.24. The average molecular weight is 270 g/mol. The Labute approximate surface area is 112 Å². The van der Waals surface area contributed by atoms with Crippen molar-refractivity contribution in [2.24, 2.45) is 7.05 Å². The maximum atomic E-state index is 11.7. The van der Waals surface area contributed by atoms with Gasteiger partial charge in [0.25, 0.3) is 5.56 Å². The van der Waals surface area contributed by atoms with Gasteiger partial charge in [-0.2, -0.15) is 0 Å². The van der Waals surface area contributed by atoms with Crippen LogP contribution in [0.25, 0.3) is 0 Å². The lowest BCUT2D eigenvalue weighted by atomic mass is 9.80. The van der Waals surface area contributed by atoms with Gasteiger partial charge in [-0.1, -0.05) is 11.6 Å². The van der Waals surface area contributed by atoms with Crippen LogP contribution in [0, 0.1) is 0 Å². The van der Waals surface area contributed by atoms with Crippen molar-refractivity contribution in [3.63, 3.8) is 0 Å². The molecule has 1 aromatic rings. The van der Waals surface area contributed by atoms with Crippen LogP contribution in [-0.4, -0.2) is 22.9 Å². The first-order chi connectivity index (χ1) is 8.14. The molecule has 0 amide bonds. The van der Waals surface area contributed by atoms with E-state index in [1.807, 2.05) is 27.7 Å². The molecule has 1 aliphatic heterocycles. The molecule has 2 heterocycles. The zero-order chi connectivity index (χ0) is 13.7. The predicted octanol–water partition coefficient (Wildman–Crippen LogP) is 1.34. The minimum Gasteiger partial charge on any atom is -0.399 e. The van der Waals surface area contributed by atoms with E-state index in [1.54, 1.807) is 13.1 Å². The van der Waals surface area contributed by atoms with Gasteiger partial charge in [-0.25, -0.2) is 0 Å². The number of pyridine rings is 1. The molecule has 0 saturated carbocycles. The smallest absolute Gasteiger partial charge is 0.399 e. The van der Waals surface area contributed by atoms with Crippen molar-refractivity contribution in [3.05, 3.63) is 27.6 Å². The van der Waals surface area contributed by atoms with Gasteiger partial charge in [0.2, 0.25) is 0 Å². The average Bonchev–Trinajstić information content (AvgIpc) is 2.44. The molecule has 0 bridgehead atoms. The van der Waals surface area contributed by atoms with Crippen molar-refractivity contribution < 1.29 is 9.31 Å². The Balaban J connectivity index is 2.39. The summed E-state index contributed by atoms with van der Waals surface area (Å²) in [6.07, 6.45) is 0. The van der Waals surface area contributed by atoms with Crippen LogP contribution in [-0.2, 0) is 16.4 Å². The highest BCUT2D eigenvalue weighted by Crippen LogP contribution is 2.36. The maximum absolute atomic E-state index is 11.7. The van der Waals surface area contributed by atoms with E-state index in [-0.39, 0.29) is 5.56 Å². The van der Waals surface area contributed by atoms with Crippen molar-refractivity contribution in [2.45, 2.75) is 38.9 Å². The van der Waals surface area contributed by atoms with Gasteiger partial charge in [-0.15, -0.1) is 0 Å². The summed E-state index contributed by atoms with van der Waals surface area (Å²) in [6, 6.07) is 3.19. The highest BCUT2D eigenvalue weighted by Gasteiger charge is 2.51. The van der Waals surface area contributed by atoms with Crippen LogP contribution in [0.2, 0.25) is 5.15 Å². The Kier molecular flexibility index (Phi) is 3.12. The zero-order valence-corrected chi connectivity index (χ0v) is 12.0. The molecule has 18 heavy (non-hydrogen) atoms. The fourth-order valence-corrected chi connectivity index (χ4v) is 1.95. The molecule has 1 aromatic heterocycles. The number of hydrogen-bond donors (Lipinski definition) is 0. The second kappa shape index (κ2) is 4.12. The first-order valence-electron chi connectivity index (χ1n) is 5.86. The number of rotatable bonds is 1. The van der Waals surface area contributed by atoms with Gasteiger partial charge in [0.15, 0.2) is 0 Å². The molecule has 0 unspecified atom stereocenters. The molecular weight excluding hydrogens is 252 g/mol. The summed E-state index contributed by atoms with van der Waals surface area (Å²) in [4.78, 5) is 11.7. The Hall–Kier alpha value is -0.775. The van der Waals surface area contributed by atoms with Crippen LogP contribution in [0.5, 0.6) is 0 Å². The Morgan fingerprint density at radius 2 is 1.67 bits per heavy atom. The molecule has 0 aliphatic carbocycles. The van der Waals surface area contributed by atoms with Crippen LogP contribution >= 0.6 is 11.6 Å². The van der Waals surface area contributed by atoms with E-state index in [0.717, 1.165) is 0 Å². The zero-order valence-electron chi connectivity index (χ0n) is 11.3. The predicted molar refractivity (Wildman–Crippen MR) is 72.4 cm³/mol. The van der Waals surface area contributed by atoms with Crippen LogP contribution in [0.1, 0.15) is 27.7 Å². The van der Waals surface area contributed by atoms with Crippen LogP contribution in [0.15, 0.2) is 16.9 Å². The molecule has 0 aromatic carbocycles. The lowest BCUT2D eigenvalue weighted by Crippen LogP contribution is -2.41. The molecule has 1 saturated heterocycles. The van der Waals surface area contributed by atoms with Gasteiger partial charge in [0, 0.05) is 13.1 Å². The van der Waals surface area contributed by atoms with Gasteiger partial charge < -0.3 is 13.9 Å². The highest BCUT2D eigenvalue weighted by molar-refractivity contribution is 6.62. The van der Waals surface area contributed by atoms with Gasteiger partial charge in [0.1, 0.15) is 5.15 Å². The second-order valence-corrected chi connectivity index (χ2v) is 5.98. The molecule has 0 atom stereocenters. The third-order valence-corrected chi connectivity index (χ3v) is 4.11. The molecule has 6 heteroatoms. The molecular formula is C12H17BClNO3. The minimum atomic E-state index is -0.554. The Bertz CT molecular complexity index is 523. The van der Waals surface area contributed by atoms with Gasteiger partial charge in [-0.05, 0) is 39.2 Å². The van der Waals surface area contributed by atoms with E-state index in [2.05, 4.69) is 0 Å². The fraction of sp³-hybridized carbons (Fsp3) is 0.583. The van der Waals surface area contributed by atoms with E-state index in [0.29, 0.717) is 10.6 Å². The first kappa shape index (κ1) is 13.7. The van der Waals surface area contributed by atoms with Crippen molar-refractivity contribution in [2.75, 3.05) is 0 Å². The number of aromatic nitrogens is 1. The minimum absolute atomic E-state index is 0.174. The topological polar surface area (TPSA) is 40.5 Å². The van der Waals surface area contributed by atoms with Crippen LogP contribution in [0.3, 0.4) is 0 Å². The molecule has 1 aliphatic rings. The summed E-state index contributed by atoms with van der Waals surface area (Å²) in [7, 11) is 1.07. The van der Waals surface area contributed by atoms with Crippen LogP contribution in [0.4, 0.5) is 0 Å². The van der Waals surface area contributed by atoms with E-state index >= 15 is 0 Å². The van der Waals surface area contributed by atoms with E-state index in [9.17, 15) is 4.79 Å².